The zero-order valence-corrected chi connectivity index (χ0v) is 9.97. The highest BCUT2D eigenvalue weighted by Crippen LogP contribution is 2.27. The third kappa shape index (κ3) is 1.97. The Labute approximate surface area is 97.5 Å². The Hall–Kier alpha value is -0.270. The number of rotatable bonds is 1. The predicted octanol–water partition coefficient (Wildman–Crippen LogP) is 2.86. The number of hydrogen-bond donors (Lipinski definition) is 0. The van der Waals surface area contributed by atoms with E-state index in [1.165, 1.54) is 11.5 Å². The van der Waals surface area contributed by atoms with Gasteiger partial charge in [-0.2, -0.15) is 4.37 Å². The maximum absolute atomic E-state index is 5.94. The van der Waals surface area contributed by atoms with Crippen LogP contribution in [0.1, 0.15) is 0 Å². The van der Waals surface area contributed by atoms with E-state index < -0.39 is 0 Å². The number of halogens is 2. The van der Waals surface area contributed by atoms with E-state index in [1.807, 2.05) is 6.07 Å². The van der Waals surface area contributed by atoms with Crippen LogP contribution in [0, 0.1) is 3.83 Å². The van der Waals surface area contributed by atoms with E-state index in [1.54, 1.807) is 12.4 Å². The first-order valence-corrected chi connectivity index (χ1v) is 5.59. The fraction of sp³-hybridized carbons (Fsp3) is 0. The van der Waals surface area contributed by atoms with Gasteiger partial charge < -0.3 is 0 Å². The van der Waals surface area contributed by atoms with Crippen molar-refractivity contribution in [2.75, 3.05) is 0 Å². The molecule has 0 unspecified atom stereocenters. The molecule has 0 aromatic carbocycles. The molecule has 0 aliphatic carbocycles. The molecule has 0 bridgehead atoms. The van der Waals surface area contributed by atoms with Crippen LogP contribution < -0.4 is 0 Å². The van der Waals surface area contributed by atoms with E-state index in [0.29, 0.717) is 5.02 Å². The fourth-order valence-corrected chi connectivity index (χ4v) is 2.44. The molecule has 13 heavy (non-hydrogen) atoms. The second kappa shape index (κ2) is 3.85. The van der Waals surface area contributed by atoms with Crippen molar-refractivity contribution in [3.05, 3.63) is 27.3 Å². The summed E-state index contributed by atoms with van der Waals surface area (Å²) in [5.74, 6) is 0. The normalized spacial score (nSPS) is 10.3. The summed E-state index contributed by atoms with van der Waals surface area (Å²) in [4.78, 5) is 8.12. The molecule has 0 atom stereocenters. The van der Waals surface area contributed by atoms with Crippen molar-refractivity contribution in [3.8, 4) is 10.6 Å². The lowest BCUT2D eigenvalue weighted by Gasteiger charge is -1.95. The Bertz CT molecular complexity index is 431. The molecule has 0 N–H and O–H groups in total. The molecule has 0 saturated carbocycles. The lowest BCUT2D eigenvalue weighted by Crippen LogP contribution is -1.80. The maximum atomic E-state index is 5.94. The van der Waals surface area contributed by atoms with Crippen molar-refractivity contribution < 1.29 is 0 Å². The van der Waals surface area contributed by atoms with Gasteiger partial charge in [0.05, 0.1) is 5.02 Å². The molecule has 6 heteroatoms. The summed E-state index contributed by atoms with van der Waals surface area (Å²) >= 11 is 9.35. The van der Waals surface area contributed by atoms with Gasteiger partial charge in [-0.05, 0) is 17.6 Å². The van der Waals surface area contributed by atoms with E-state index in [-0.39, 0.29) is 0 Å². The van der Waals surface area contributed by atoms with Gasteiger partial charge in [-0.15, -0.1) is 0 Å². The highest BCUT2D eigenvalue weighted by atomic mass is 127. The molecule has 2 heterocycles. The molecule has 66 valence electrons. The molecule has 3 nitrogen and oxygen atoms in total. The molecular weight excluding hydrogens is 321 g/mol. The monoisotopic (exact) mass is 323 g/mol. The number of aromatic nitrogens is 3. The van der Waals surface area contributed by atoms with E-state index in [2.05, 4.69) is 36.9 Å². The van der Waals surface area contributed by atoms with Crippen LogP contribution in [0.2, 0.25) is 5.02 Å². The van der Waals surface area contributed by atoms with Gasteiger partial charge in [0, 0.05) is 40.5 Å². The summed E-state index contributed by atoms with van der Waals surface area (Å²) in [5, 5.41) is 1.44. The van der Waals surface area contributed by atoms with Crippen molar-refractivity contribution >= 4 is 45.7 Å². The van der Waals surface area contributed by atoms with Crippen molar-refractivity contribution in [2.45, 2.75) is 0 Å². The summed E-state index contributed by atoms with van der Waals surface area (Å²) in [6, 6.07) is 1.83. The summed E-state index contributed by atoms with van der Waals surface area (Å²) in [7, 11) is 0. The second-order valence-corrected chi connectivity index (χ2v) is 4.35. The van der Waals surface area contributed by atoms with Crippen LogP contribution in [-0.4, -0.2) is 14.3 Å². The third-order valence-electron chi connectivity index (χ3n) is 1.40. The highest BCUT2D eigenvalue weighted by molar-refractivity contribution is 14.1. The quantitative estimate of drug-likeness (QED) is 0.758. The Kier molecular flexibility index (Phi) is 2.75. The third-order valence-corrected chi connectivity index (χ3v) is 3.26. The largest absolute Gasteiger partial charge is 0.263 e. The summed E-state index contributed by atoms with van der Waals surface area (Å²) in [6.45, 7) is 0. The zero-order valence-electron chi connectivity index (χ0n) is 6.24. The SMILES string of the molecule is Clc1cnccc1-c1nc(I)ns1. The molecule has 0 amide bonds. The first-order chi connectivity index (χ1) is 6.27. The van der Waals surface area contributed by atoms with E-state index in [4.69, 9.17) is 11.6 Å². The van der Waals surface area contributed by atoms with Crippen molar-refractivity contribution in [1.29, 1.82) is 0 Å². The van der Waals surface area contributed by atoms with Crippen LogP contribution >= 0.6 is 45.7 Å². The van der Waals surface area contributed by atoms with Gasteiger partial charge >= 0.3 is 0 Å². The van der Waals surface area contributed by atoms with Crippen molar-refractivity contribution in [2.24, 2.45) is 0 Å². The van der Waals surface area contributed by atoms with Gasteiger partial charge in [-0.1, -0.05) is 11.6 Å². The highest BCUT2D eigenvalue weighted by Gasteiger charge is 2.07. The topological polar surface area (TPSA) is 38.7 Å². The van der Waals surface area contributed by atoms with Crippen LogP contribution in [0.25, 0.3) is 10.6 Å². The van der Waals surface area contributed by atoms with E-state index >= 15 is 0 Å². The predicted molar refractivity (Wildman–Crippen MR) is 60.9 cm³/mol. The smallest absolute Gasteiger partial charge is 0.203 e. The first-order valence-electron chi connectivity index (χ1n) is 3.36. The minimum atomic E-state index is 0.607. The molecule has 2 rings (SSSR count). The van der Waals surface area contributed by atoms with Gasteiger partial charge in [0.1, 0.15) is 5.01 Å². The first kappa shape index (κ1) is 9.29. The molecule has 0 radical (unpaired) electrons. The van der Waals surface area contributed by atoms with Crippen molar-refractivity contribution in [1.82, 2.24) is 14.3 Å². The molecule has 0 aliphatic rings. The Morgan fingerprint density at radius 1 is 1.46 bits per heavy atom. The standard InChI is InChI=1S/C7H3ClIN3S/c8-5-3-10-2-1-4(5)6-11-7(9)12-13-6/h1-3H. The molecule has 0 fully saturated rings. The number of nitrogens with zero attached hydrogens (tertiary/aromatic N) is 3. The van der Waals surface area contributed by atoms with Gasteiger partial charge in [0.15, 0.2) is 0 Å². The van der Waals surface area contributed by atoms with Crippen LogP contribution in [0.5, 0.6) is 0 Å². The van der Waals surface area contributed by atoms with Gasteiger partial charge in [-0.3, -0.25) is 4.98 Å². The van der Waals surface area contributed by atoms with Gasteiger partial charge in [-0.25, -0.2) is 4.98 Å². The molecule has 2 aromatic heterocycles. The number of pyridine rings is 1. The van der Waals surface area contributed by atoms with Crippen molar-refractivity contribution in [3.63, 3.8) is 0 Å². The molecule has 2 aromatic rings. The Morgan fingerprint density at radius 2 is 2.31 bits per heavy atom. The lowest BCUT2D eigenvalue weighted by atomic mass is 10.3. The Morgan fingerprint density at radius 3 is 2.92 bits per heavy atom. The van der Waals surface area contributed by atoms with Crippen LogP contribution in [0.4, 0.5) is 0 Å². The minimum Gasteiger partial charge on any atom is -0.263 e. The average Bonchev–Trinajstić information content (AvgIpc) is 2.53. The maximum Gasteiger partial charge on any atom is 0.203 e. The van der Waals surface area contributed by atoms with E-state index in [9.17, 15) is 0 Å². The van der Waals surface area contributed by atoms with Gasteiger partial charge in [0.25, 0.3) is 0 Å². The number of hydrogen-bond acceptors (Lipinski definition) is 4. The zero-order chi connectivity index (χ0) is 9.26. The fourth-order valence-electron chi connectivity index (χ4n) is 0.864. The lowest BCUT2D eigenvalue weighted by molar-refractivity contribution is 1.25. The minimum absolute atomic E-state index is 0.607. The van der Waals surface area contributed by atoms with Crippen LogP contribution in [0.15, 0.2) is 18.5 Å². The average molecular weight is 324 g/mol. The molecule has 0 spiro atoms. The second-order valence-electron chi connectivity index (χ2n) is 2.22. The summed E-state index contributed by atoms with van der Waals surface area (Å²) in [5.41, 5.74) is 0.886. The van der Waals surface area contributed by atoms with Crippen LogP contribution in [-0.2, 0) is 0 Å². The summed E-state index contributed by atoms with van der Waals surface area (Å²) < 4.78 is 4.81. The Balaban J connectivity index is 2.52. The van der Waals surface area contributed by atoms with E-state index in [0.717, 1.165) is 14.4 Å². The van der Waals surface area contributed by atoms with Gasteiger partial charge in [0.2, 0.25) is 3.83 Å². The summed E-state index contributed by atoms with van der Waals surface area (Å²) in [6.07, 6.45) is 3.29. The molecule has 0 saturated heterocycles. The van der Waals surface area contributed by atoms with Crippen LogP contribution in [0.3, 0.4) is 0 Å². The molecule has 0 aliphatic heterocycles. The molecular formula is C7H3ClIN3S.